The normalized spacial score (nSPS) is 25.9. The zero-order valence-electron chi connectivity index (χ0n) is 25.7. The van der Waals surface area contributed by atoms with E-state index in [9.17, 15) is 14.7 Å². The lowest BCUT2D eigenvalue weighted by molar-refractivity contribution is -0.154. The molecule has 1 saturated carbocycles. The van der Waals surface area contributed by atoms with Gasteiger partial charge in [-0.25, -0.2) is 4.79 Å². The predicted molar refractivity (Wildman–Crippen MR) is 163 cm³/mol. The van der Waals surface area contributed by atoms with Crippen molar-refractivity contribution in [3.63, 3.8) is 0 Å². The van der Waals surface area contributed by atoms with Gasteiger partial charge in [0.2, 0.25) is 5.91 Å². The lowest BCUT2D eigenvalue weighted by atomic mass is 9.72. The number of hydrogen-bond donors (Lipinski definition) is 2. The standard InChI is InChI=1S/C35H48N2O5/c1-35(2,3)29-30(36-22-27-21-26(15-16-28(27)41-4)23-17-19-42-20-18-23)31(24-11-7-5-8-12-24)37(32(29)34(39)40)33(38)25-13-9-6-10-14-25/h5,7-8,11-12,15-16,21,23,25,29-32,36H,6,9-10,13-14,17-20,22H2,1-4H3,(H,39,40)/t29-,30-,31-,32-/m0/s1. The van der Waals surface area contributed by atoms with Crippen LogP contribution in [0.4, 0.5) is 0 Å². The number of amides is 1. The Hall–Kier alpha value is -2.90. The van der Waals surface area contributed by atoms with E-state index < -0.39 is 18.1 Å². The number of rotatable bonds is 8. The highest BCUT2D eigenvalue weighted by atomic mass is 16.5. The topological polar surface area (TPSA) is 88.1 Å². The number of carboxylic acid groups (broad SMARTS) is 1. The molecule has 7 nitrogen and oxygen atoms in total. The molecule has 0 aromatic heterocycles. The third kappa shape index (κ3) is 6.37. The number of carboxylic acids is 1. The van der Waals surface area contributed by atoms with Crippen molar-refractivity contribution in [2.45, 2.75) is 96.3 Å². The van der Waals surface area contributed by atoms with E-state index in [0.717, 1.165) is 75.0 Å². The van der Waals surface area contributed by atoms with Crippen molar-refractivity contribution in [2.24, 2.45) is 17.3 Å². The monoisotopic (exact) mass is 576 g/mol. The van der Waals surface area contributed by atoms with E-state index in [1.54, 1.807) is 12.0 Å². The lowest BCUT2D eigenvalue weighted by Gasteiger charge is -2.36. The van der Waals surface area contributed by atoms with Gasteiger partial charge in [-0.1, -0.05) is 82.5 Å². The summed E-state index contributed by atoms with van der Waals surface area (Å²) in [6.45, 7) is 8.38. The predicted octanol–water partition coefficient (Wildman–Crippen LogP) is 6.33. The van der Waals surface area contributed by atoms with Gasteiger partial charge in [-0.2, -0.15) is 0 Å². The first kappa shape index (κ1) is 30.6. The first-order valence-electron chi connectivity index (χ1n) is 15.8. The maximum absolute atomic E-state index is 14.3. The van der Waals surface area contributed by atoms with E-state index in [2.05, 4.69) is 38.2 Å². The number of nitrogens with zero attached hydrogens (tertiary/aromatic N) is 1. The number of carbonyl (C=O) groups is 2. The molecule has 4 atom stereocenters. The Bertz CT molecular complexity index is 1210. The van der Waals surface area contributed by atoms with Crippen molar-refractivity contribution >= 4 is 11.9 Å². The largest absolute Gasteiger partial charge is 0.496 e. The SMILES string of the molecule is COc1ccc(C2CCOCC2)cc1CN[C@H]1[C@H](C(C)(C)C)[C@@H](C(=O)O)N(C(=O)C2CCCCC2)[C@H]1c1ccccc1. The third-order valence-corrected chi connectivity index (χ3v) is 9.79. The highest BCUT2D eigenvalue weighted by Crippen LogP contribution is 2.49. The molecule has 42 heavy (non-hydrogen) atoms. The number of benzene rings is 2. The van der Waals surface area contributed by atoms with E-state index in [0.29, 0.717) is 12.5 Å². The Labute approximate surface area is 251 Å². The van der Waals surface area contributed by atoms with Gasteiger partial charge in [0, 0.05) is 43.2 Å². The number of carbonyl (C=O) groups excluding carboxylic acids is 1. The van der Waals surface area contributed by atoms with Crippen molar-refractivity contribution in [3.8, 4) is 5.75 Å². The Morgan fingerprint density at radius 1 is 0.976 bits per heavy atom. The fraction of sp³-hybridized carbons (Fsp3) is 0.600. The highest BCUT2D eigenvalue weighted by Gasteiger charge is 2.58. The average Bonchev–Trinajstić information content (AvgIpc) is 3.37. The van der Waals surface area contributed by atoms with Gasteiger partial charge in [-0.3, -0.25) is 4.79 Å². The van der Waals surface area contributed by atoms with Crippen LogP contribution in [0.1, 0.15) is 94.4 Å². The number of nitrogens with one attached hydrogen (secondary N) is 1. The van der Waals surface area contributed by atoms with E-state index in [-0.39, 0.29) is 29.2 Å². The summed E-state index contributed by atoms with van der Waals surface area (Å²) >= 11 is 0. The number of ether oxygens (including phenoxy) is 2. The van der Waals surface area contributed by atoms with Crippen LogP contribution in [0.3, 0.4) is 0 Å². The lowest BCUT2D eigenvalue weighted by Crippen LogP contribution is -2.49. The van der Waals surface area contributed by atoms with Crippen LogP contribution in [0, 0.1) is 17.3 Å². The molecule has 0 unspecified atom stereocenters. The molecule has 228 valence electrons. The Morgan fingerprint density at radius 2 is 1.67 bits per heavy atom. The zero-order chi connectivity index (χ0) is 29.9. The van der Waals surface area contributed by atoms with Crippen LogP contribution < -0.4 is 10.1 Å². The van der Waals surface area contributed by atoms with Gasteiger partial charge in [0.25, 0.3) is 0 Å². The highest BCUT2D eigenvalue weighted by molar-refractivity contribution is 5.87. The second-order valence-electron chi connectivity index (χ2n) is 13.5. The number of hydrogen-bond acceptors (Lipinski definition) is 5. The van der Waals surface area contributed by atoms with Gasteiger partial charge < -0.3 is 24.8 Å². The molecule has 1 aliphatic carbocycles. The molecule has 0 bridgehead atoms. The van der Waals surface area contributed by atoms with Gasteiger partial charge in [0.05, 0.1) is 13.2 Å². The minimum absolute atomic E-state index is 0.00593. The maximum Gasteiger partial charge on any atom is 0.326 e. The van der Waals surface area contributed by atoms with Gasteiger partial charge in [-0.05, 0) is 54.2 Å². The molecule has 3 aliphatic rings. The molecule has 2 aromatic rings. The van der Waals surface area contributed by atoms with Crippen molar-refractivity contribution in [1.82, 2.24) is 10.2 Å². The fourth-order valence-corrected chi connectivity index (χ4v) is 7.74. The van der Waals surface area contributed by atoms with Gasteiger partial charge in [0.1, 0.15) is 11.8 Å². The van der Waals surface area contributed by atoms with Crippen molar-refractivity contribution in [3.05, 3.63) is 65.2 Å². The molecule has 2 saturated heterocycles. The van der Waals surface area contributed by atoms with Crippen LogP contribution in [0.25, 0.3) is 0 Å². The minimum Gasteiger partial charge on any atom is -0.496 e. The van der Waals surface area contributed by atoms with Crippen molar-refractivity contribution in [1.29, 1.82) is 0 Å². The Kier molecular flexibility index (Phi) is 9.58. The minimum atomic E-state index is -0.927. The molecule has 2 aromatic carbocycles. The van der Waals surface area contributed by atoms with Crippen molar-refractivity contribution in [2.75, 3.05) is 20.3 Å². The van der Waals surface area contributed by atoms with Crippen LogP contribution in [0.15, 0.2) is 48.5 Å². The molecule has 5 rings (SSSR count). The molecule has 0 spiro atoms. The Balaban J connectivity index is 1.54. The van der Waals surface area contributed by atoms with Crippen LogP contribution in [0.2, 0.25) is 0 Å². The summed E-state index contributed by atoms with van der Waals surface area (Å²) < 4.78 is 11.4. The first-order valence-corrected chi connectivity index (χ1v) is 15.8. The molecule has 2 heterocycles. The van der Waals surface area contributed by atoms with Gasteiger partial charge >= 0.3 is 5.97 Å². The fourth-order valence-electron chi connectivity index (χ4n) is 7.74. The summed E-state index contributed by atoms with van der Waals surface area (Å²) in [6, 6.07) is 14.9. The van der Waals surface area contributed by atoms with Crippen LogP contribution in [-0.2, 0) is 20.9 Å². The van der Waals surface area contributed by atoms with Gasteiger partial charge in [-0.15, -0.1) is 0 Å². The second-order valence-corrected chi connectivity index (χ2v) is 13.5. The molecule has 7 heteroatoms. The average molecular weight is 577 g/mol. The maximum atomic E-state index is 14.3. The van der Waals surface area contributed by atoms with E-state index in [4.69, 9.17) is 9.47 Å². The first-order chi connectivity index (χ1) is 20.2. The van der Waals surface area contributed by atoms with E-state index in [1.165, 1.54) is 5.56 Å². The van der Waals surface area contributed by atoms with E-state index >= 15 is 0 Å². The zero-order valence-corrected chi connectivity index (χ0v) is 25.7. The van der Waals surface area contributed by atoms with Crippen LogP contribution in [0.5, 0.6) is 5.75 Å². The van der Waals surface area contributed by atoms with Crippen molar-refractivity contribution < 1.29 is 24.2 Å². The molecule has 0 radical (unpaired) electrons. The van der Waals surface area contributed by atoms with Gasteiger partial charge in [0.15, 0.2) is 0 Å². The molecule has 2 aliphatic heterocycles. The number of likely N-dealkylation sites (tertiary alicyclic amines) is 1. The van der Waals surface area contributed by atoms with E-state index in [1.807, 2.05) is 36.4 Å². The number of aliphatic carboxylic acids is 1. The van der Waals surface area contributed by atoms with Crippen LogP contribution in [-0.4, -0.2) is 54.3 Å². The number of methoxy groups -OCH3 is 1. The summed E-state index contributed by atoms with van der Waals surface area (Å²) in [6.07, 6.45) is 6.84. The summed E-state index contributed by atoms with van der Waals surface area (Å²) in [7, 11) is 1.69. The molecule has 2 N–H and O–H groups in total. The summed E-state index contributed by atoms with van der Waals surface area (Å²) in [5.74, 6) is -0.101. The second kappa shape index (κ2) is 13.2. The smallest absolute Gasteiger partial charge is 0.326 e. The summed E-state index contributed by atoms with van der Waals surface area (Å²) in [4.78, 5) is 29.2. The van der Waals surface area contributed by atoms with Crippen LogP contribution >= 0.6 is 0 Å². The Morgan fingerprint density at radius 3 is 2.29 bits per heavy atom. The summed E-state index contributed by atoms with van der Waals surface area (Å²) in [5, 5.41) is 14.6. The molecular weight excluding hydrogens is 528 g/mol. The third-order valence-electron chi connectivity index (χ3n) is 9.79. The molecule has 3 fully saturated rings. The molecular formula is C35H48N2O5. The molecule has 1 amide bonds. The summed E-state index contributed by atoms with van der Waals surface area (Å²) in [5.41, 5.74) is 2.93. The quantitative estimate of drug-likeness (QED) is 0.382.